The quantitative estimate of drug-likeness (QED) is 0.0902. The first-order chi connectivity index (χ1) is 35.3. The summed E-state index contributed by atoms with van der Waals surface area (Å²) in [4.78, 5) is 33.0. The number of H-pyrrole nitrogens is 4. The van der Waals surface area contributed by atoms with E-state index in [1.165, 1.54) is 61.2 Å². The summed E-state index contributed by atoms with van der Waals surface area (Å²) in [6.07, 6.45) is 24.7. The average molecular weight is 951 g/mol. The molecule has 0 bridgehead atoms. The molecule has 0 amide bonds. The zero-order valence-corrected chi connectivity index (χ0v) is 42.2. The van der Waals surface area contributed by atoms with E-state index in [1.807, 2.05) is 12.4 Å². The molecule has 0 fully saturated rings. The number of rotatable bonds is 12. The largest absolute Gasteiger partial charge is 0.488 e. The zero-order valence-electron chi connectivity index (χ0n) is 42.2. The lowest BCUT2D eigenvalue weighted by atomic mass is 9.86. The van der Waals surface area contributed by atoms with E-state index in [2.05, 4.69) is 181 Å². The first-order valence-electron chi connectivity index (χ1n) is 25.8. The predicted octanol–water partition coefficient (Wildman–Crippen LogP) is 15.4. The van der Waals surface area contributed by atoms with Crippen LogP contribution < -0.4 is 9.47 Å². The molecule has 72 heavy (non-hydrogen) atoms. The zero-order chi connectivity index (χ0) is 49.3. The molecule has 0 atom stereocenters. The fourth-order valence-electron chi connectivity index (χ4n) is 10.4. The number of aromatic amines is 4. The number of aromatic nitrogens is 8. The number of aryl methyl sites for hydroxylation is 2. The molecular formula is C62H62N8O2. The Balaban J connectivity index is 0.000000156. The van der Waals surface area contributed by atoms with Crippen molar-refractivity contribution in [1.29, 1.82) is 0 Å². The molecule has 0 saturated carbocycles. The van der Waals surface area contributed by atoms with Crippen LogP contribution in [0.15, 0.2) is 122 Å². The van der Waals surface area contributed by atoms with E-state index in [-0.39, 0.29) is 0 Å². The second kappa shape index (κ2) is 20.0. The third kappa shape index (κ3) is 9.02. The van der Waals surface area contributed by atoms with Crippen molar-refractivity contribution in [3.05, 3.63) is 167 Å². The van der Waals surface area contributed by atoms with Crippen LogP contribution in [-0.4, -0.2) is 39.9 Å². The van der Waals surface area contributed by atoms with E-state index >= 15 is 0 Å². The maximum atomic E-state index is 6.30. The van der Waals surface area contributed by atoms with Crippen molar-refractivity contribution in [1.82, 2.24) is 39.9 Å². The van der Waals surface area contributed by atoms with Crippen LogP contribution >= 0.6 is 0 Å². The van der Waals surface area contributed by atoms with Crippen LogP contribution in [0.2, 0.25) is 0 Å². The highest BCUT2D eigenvalue weighted by Gasteiger charge is 2.27. The predicted molar refractivity (Wildman–Crippen MR) is 294 cm³/mol. The highest BCUT2D eigenvalue weighted by Crippen LogP contribution is 2.46. The summed E-state index contributed by atoms with van der Waals surface area (Å²) in [7, 11) is 0. The number of nitrogens with one attached hydrogen (secondary N) is 4. The van der Waals surface area contributed by atoms with Gasteiger partial charge < -0.3 is 29.4 Å². The van der Waals surface area contributed by atoms with Gasteiger partial charge in [0.05, 0.1) is 40.5 Å². The minimum atomic E-state index is 0.543. The van der Waals surface area contributed by atoms with Gasteiger partial charge in [-0.3, -0.25) is 0 Å². The highest BCUT2D eigenvalue weighted by molar-refractivity contribution is 6.07. The third-order valence-corrected chi connectivity index (χ3v) is 14.1. The van der Waals surface area contributed by atoms with E-state index in [1.54, 1.807) is 0 Å². The molecule has 9 aromatic rings. The molecule has 4 N–H and O–H groups in total. The van der Waals surface area contributed by atoms with Crippen molar-refractivity contribution in [2.45, 2.75) is 106 Å². The van der Waals surface area contributed by atoms with E-state index < -0.39 is 0 Å². The van der Waals surface area contributed by atoms with E-state index in [4.69, 9.17) is 19.4 Å². The third-order valence-electron chi connectivity index (χ3n) is 14.1. The van der Waals surface area contributed by atoms with Crippen LogP contribution in [0, 0.1) is 0 Å². The Kier molecular flexibility index (Phi) is 12.9. The molecule has 12 rings (SSSR count). The van der Waals surface area contributed by atoms with Gasteiger partial charge in [0.15, 0.2) is 0 Å². The number of hydrogen-bond acceptors (Lipinski definition) is 6. The number of fused-ring (bicyclic) bond motifs is 12. The molecule has 10 nitrogen and oxygen atoms in total. The summed E-state index contributed by atoms with van der Waals surface area (Å²) >= 11 is 0. The lowest BCUT2D eigenvalue weighted by Crippen LogP contribution is -2.09. The van der Waals surface area contributed by atoms with Crippen molar-refractivity contribution in [2.24, 2.45) is 0 Å². The van der Waals surface area contributed by atoms with Gasteiger partial charge in [-0.2, -0.15) is 0 Å². The molecule has 10 heteroatoms. The van der Waals surface area contributed by atoms with Crippen LogP contribution in [0.5, 0.6) is 11.5 Å². The Morgan fingerprint density at radius 1 is 0.542 bits per heavy atom. The SMILES string of the molecule is CCC=CCc1nc2c([nH]1)CCc1cc3c(cc1-2)OCc1cc(-c2cnc(C(C)=CCC)[nH]2)ccc1-3.CCC=CCc1nc2c(ccc3cc4c(cc32)OCc2cc(-c3cnc(C(C)=CCC)[nH]3)ccc2-4)[nH]1. The fraction of sp³-hybridized carbons (Fsp3) is 0.258. The van der Waals surface area contributed by atoms with Crippen molar-refractivity contribution in [3.63, 3.8) is 0 Å². The Bertz CT molecular complexity index is 3630. The Morgan fingerprint density at radius 2 is 1.14 bits per heavy atom. The van der Waals surface area contributed by atoms with Crippen LogP contribution in [0.3, 0.4) is 0 Å². The highest BCUT2D eigenvalue weighted by atomic mass is 16.5. The Labute approximate surface area is 421 Å². The molecule has 4 aromatic heterocycles. The van der Waals surface area contributed by atoms with Gasteiger partial charge in [0, 0.05) is 40.6 Å². The molecule has 0 radical (unpaired) electrons. The first-order valence-corrected chi connectivity index (χ1v) is 25.8. The monoisotopic (exact) mass is 950 g/mol. The number of hydrogen-bond donors (Lipinski definition) is 4. The maximum absolute atomic E-state index is 6.30. The summed E-state index contributed by atoms with van der Waals surface area (Å²) in [6.45, 7) is 13.9. The van der Waals surface area contributed by atoms with Crippen LogP contribution in [0.25, 0.3) is 89.0 Å². The van der Waals surface area contributed by atoms with Crippen molar-refractivity contribution >= 4 is 33.0 Å². The lowest BCUT2D eigenvalue weighted by molar-refractivity contribution is 0.302. The maximum Gasteiger partial charge on any atom is 0.133 e. The van der Waals surface area contributed by atoms with E-state index in [0.717, 1.165) is 136 Å². The second-order valence-electron chi connectivity index (χ2n) is 19.1. The number of imidazole rings is 4. The molecular weight excluding hydrogens is 889 g/mol. The molecule has 0 saturated heterocycles. The van der Waals surface area contributed by atoms with Gasteiger partial charge in [-0.25, -0.2) is 19.9 Å². The fourth-order valence-corrected chi connectivity index (χ4v) is 10.4. The van der Waals surface area contributed by atoms with Gasteiger partial charge in [0.1, 0.15) is 48.0 Å². The minimum Gasteiger partial charge on any atom is -0.488 e. The number of ether oxygens (including phenoxy) is 2. The van der Waals surface area contributed by atoms with E-state index in [0.29, 0.717) is 13.2 Å². The smallest absolute Gasteiger partial charge is 0.133 e. The van der Waals surface area contributed by atoms with E-state index in [9.17, 15) is 0 Å². The molecule has 2 aliphatic heterocycles. The normalized spacial score (nSPS) is 13.8. The molecule has 5 aromatic carbocycles. The average Bonchev–Trinajstić information content (AvgIpc) is 4.25. The minimum absolute atomic E-state index is 0.543. The molecule has 0 spiro atoms. The van der Waals surface area contributed by atoms with Crippen molar-refractivity contribution < 1.29 is 9.47 Å². The molecule has 3 aliphatic rings. The lowest BCUT2D eigenvalue weighted by Gasteiger charge is -2.25. The van der Waals surface area contributed by atoms with Crippen molar-refractivity contribution in [2.75, 3.05) is 0 Å². The summed E-state index contributed by atoms with van der Waals surface area (Å²) < 4.78 is 12.6. The molecule has 1 aliphatic carbocycles. The summed E-state index contributed by atoms with van der Waals surface area (Å²) in [6, 6.07) is 26.5. The summed E-state index contributed by atoms with van der Waals surface area (Å²) in [5.74, 6) is 5.74. The summed E-state index contributed by atoms with van der Waals surface area (Å²) in [5, 5.41) is 2.29. The van der Waals surface area contributed by atoms with Crippen molar-refractivity contribution in [3.8, 4) is 67.5 Å². The van der Waals surface area contributed by atoms with Gasteiger partial charge in [-0.05, 0) is 150 Å². The molecule has 0 unspecified atom stereocenters. The number of benzene rings is 5. The number of nitrogens with zero attached hydrogens (tertiary/aromatic N) is 4. The molecule has 362 valence electrons. The topological polar surface area (TPSA) is 133 Å². The van der Waals surface area contributed by atoms with Crippen LogP contribution in [-0.2, 0) is 38.9 Å². The standard InChI is InChI=1S/C31H32N4O.C31H30N4O/c2*1-4-6-7-9-29-33-26-13-11-20-15-25-23-12-10-21(27-17-32-31(34-27)19(3)8-5-2)14-22(23)18-36-28(25)16-24(20)30(26)35-29/h6-8,10,12,14-17H,4-5,9,11,13,18H2,1-3H3,(H,32,34)(H,33,35);6-8,10-17H,4-5,9,18H2,1-3H3,(H,32,34)(H,33,35). The van der Waals surface area contributed by atoms with Gasteiger partial charge in [-0.1, -0.05) is 94.5 Å². The Morgan fingerprint density at radius 3 is 1.75 bits per heavy atom. The van der Waals surface area contributed by atoms with Gasteiger partial charge >= 0.3 is 0 Å². The van der Waals surface area contributed by atoms with Gasteiger partial charge in [0.25, 0.3) is 0 Å². The second-order valence-corrected chi connectivity index (χ2v) is 19.1. The summed E-state index contributed by atoms with van der Waals surface area (Å²) in [5.41, 5.74) is 20.8. The van der Waals surface area contributed by atoms with Crippen LogP contribution in [0.4, 0.5) is 0 Å². The first kappa shape index (κ1) is 46.4. The molecule has 6 heterocycles. The van der Waals surface area contributed by atoms with Gasteiger partial charge in [-0.15, -0.1) is 0 Å². The van der Waals surface area contributed by atoms with Gasteiger partial charge in [0.2, 0.25) is 0 Å². The van der Waals surface area contributed by atoms with Crippen LogP contribution in [0.1, 0.15) is 113 Å². The Hall–Kier alpha value is -7.98. The number of allylic oxidation sites excluding steroid dienone is 8.